The van der Waals surface area contributed by atoms with Crippen molar-refractivity contribution in [2.75, 3.05) is 0 Å². The Morgan fingerprint density at radius 1 is 1.55 bits per heavy atom. The summed E-state index contributed by atoms with van der Waals surface area (Å²) in [5.41, 5.74) is 1.07. The Bertz CT molecular complexity index is 336. The van der Waals surface area contributed by atoms with Crippen LogP contribution in [-0.2, 0) is 7.05 Å². The maximum absolute atomic E-state index is 4.18. The van der Waals surface area contributed by atoms with E-state index in [4.69, 9.17) is 0 Å². The molecule has 2 aromatic rings. The molecule has 0 unspecified atom stereocenters. The SMILES string of the molecule is Cn1cncc1-c1nccs1. The summed E-state index contributed by atoms with van der Waals surface area (Å²) in [5, 5.41) is 2.98. The summed E-state index contributed by atoms with van der Waals surface area (Å²) >= 11 is 1.62. The molecule has 0 N–H and O–H groups in total. The van der Waals surface area contributed by atoms with Crippen LogP contribution >= 0.6 is 11.3 Å². The zero-order valence-electron chi connectivity index (χ0n) is 6.06. The van der Waals surface area contributed by atoms with Gasteiger partial charge in [0.25, 0.3) is 0 Å². The van der Waals surface area contributed by atoms with Gasteiger partial charge in [-0.15, -0.1) is 11.3 Å². The lowest BCUT2D eigenvalue weighted by Crippen LogP contribution is -1.87. The fourth-order valence-corrected chi connectivity index (χ4v) is 1.60. The molecule has 2 heterocycles. The fraction of sp³-hybridized carbons (Fsp3) is 0.143. The lowest BCUT2D eigenvalue weighted by molar-refractivity contribution is 0.920. The molecule has 0 atom stereocenters. The number of rotatable bonds is 1. The molecule has 0 saturated heterocycles. The summed E-state index contributed by atoms with van der Waals surface area (Å²) in [5.74, 6) is 0. The van der Waals surface area contributed by atoms with Crippen LogP contribution in [0.5, 0.6) is 0 Å². The predicted octanol–water partition coefficient (Wildman–Crippen LogP) is 1.54. The van der Waals surface area contributed by atoms with Gasteiger partial charge in [-0.25, -0.2) is 9.97 Å². The van der Waals surface area contributed by atoms with Crippen molar-refractivity contribution in [2.45, 2.75) is 0 Å². The summed E-state index contributed by atoms with van der Waals surface area (Å²) in [7, 11) is 1.96. The standard InChI is InChI=1S/C7H7N3S/c1-10-5-8-4-6(10)7-9-2-3-11-7/h2-5H,1H3. The summed E-state index contributed by atoms with van der Waals surface area (Å²) in [6, 6.07) is 0. The van der Waals surface area contributed by atoms with Gasteiger partial charge in [-0.2, -0.15) is 0 Å². The van der Waals surface area contributed by atoms with Gasteiger partial charge in [0, 0.05) is 18.6 Å². The third kappa shape index (κ3) is 1.05. The van der Waals surface area contributed by atoms with Crippen LogP contribution < -0.4 is 0 Å². The molecule has 0 amide bonds. The quantitative estimate of drug-likeness (QED) is 0.641. The van der Waals surface area contributed by atoms with Gasteiger partial charge in [-0.1, -0.05) is 0 Å². The molecule has 3 nitrogen and oxygen atoms in total. The number of aryl methyl sites for hydroxylation is 1. The minimum atomic E-state index is 1.02. The minimum absolute atomic E-state index is 1.02. The van der Waals surface area contributed by atoms with Gasteiger partial charge in [0.15, 0.2) is 0 Å². The number of aromatic nitrogens is 3. The van der Waals surface area contributed by atoms with Crippen molar-refractivity contribution in [3.05, 3.63) is 24.1 Å². The van der Waals surface area contributed by atoms with E-state index in [0.29, 0.717) is 0 Å². The van der Waals surface area contributed by atoms with E-state index in [0.717, 1.165) is 10.7 Å². The Kier molecular flexibility index (Phi) is 1.47. The molecule has 11 heavy (non-hydrogen) atoms. The normalized spacial score (nSPS) is 10.3. The van der Waals surface area contributed by atoms with Crippen molar-refractivity contribution in [1.82, 2.24) is 14.5 Å². The van der Waals surface area contributed by atoms with E-state index < -0.39 is 0 Å². The van der Waals surface area contributed by atoms with Crippen molar-refractivity contribution < 1.29 is 0 Å². The van der Waals surface area contributed by atoms with Gasteiger partial charge in [0.1, 0.15) is 5.01 Å². The van der Waals surface area contributed by atoms with Crippen LogP contribution in [0.3, 0.4) is 0 Å². The van der Waals surface area contributed by atoms with Gasteiger partial charge in [0.05, 0.1) is 18.2 Å². The third-order valence-electron chi connectivity index (χ3n) is 1.47. The van der Waals surface area contributed by atoms with Gasteiger partial charge < -0.3 is 4.57 Å². The third-order valence-corrected chi connectivity index (χ3v) is 2.26. The summed E-state index contributed by atoms with van der Waals surface area (Å²) in [6.07, 6.45) is 5.39. The Morgan fingerprint density at radius 2 is 2.45 bits per heavy atom. The Morgan fingerprint density at radius 3 is 3.00 bits per heavy atom. The first-order valence-electron chi connectivity index (χ1n) is 3.24. The van der Waals surface area contributed by atoms with Crippen molar-refractivity contribution in [3.8, 4) is 10.7 Å². The molecule has 0 aliphatic carbocycles. The summed E-state index contributed by atoms with van der Waals surface area (Å²) in [4.78, 5) is 8.18. The summed E-state index contributed by atoms with van der Waals surface area (Å²) in [6.45, 7) is 0. The van der Waals surface area contributed by atoms with E-state index in [2.05, 4.69) is 9.97 Å². The molecular formula is C7H7N3S. The van der Waals surface area contributed by atoms with Crippen LogP contribution in [0, 0.1) is 0 Å². The monoisotopic (exact) mass is 165 g/mol. The Balaban J connectivity index is 2.53. The van der Waals surface area contributed by atoms with E-state index in [1.54, 1.807) is 23.9 Å². The van der Waals surface area contributed by atoms with Crippen molar-refractivity contribution >= 4 is 11.3 Å². The predicted molar refractivity (Wildman–Crippen MR) is 44.3 cm³/mol. The second kappa shape index (κ2) is 2.47. The average molecular weight is 165 g/mol. The topological polar surface area (TPSA) is 30.7 Å². The van der Waals surface area contributed by atoms with E-state index >= 15 is 0 Å². The van der Waals surface area contributed by atoms with Crippen molar-refractivity contribution in [1.29, 1.82) is 0 Å². The molecule has 0 fully saturated rings. The molecule has 2 aromatic heterocycles. The molecule has 0 aromatic carbocycles. The zero-order valence-corrected chi connectivity index (χ0v) is 6.88. The van der Waals surface area contributed by atoms with Crippen molar-refractivity contribution in [2.24, 2.45) is 7.05 Å². The van der Waals surface area contributed by atoms with Crippen molar-refractivity contribution in [3.63, 3.8) is 0 Å². The maximum atomic E-state index is 4.18. The molecule has 0 spiro atoms. The number of hydrogen-bond donors (Lipinski definition) is 0. The highest BCUT2D eigenvalue weighted by atomic mass is 32.1. The number of hydrogen-bond acceptors (Lipinski definition) is 3. The molecule has 4 heteroatoms. The molecule has 0 saturated carbocycles. The zero-order chi connectivity index (χ0) is 7.68. The number of imidazole rings is 1. The molecule has 0 radical (unpaired) electrons. The van der Waals surface area contributed by atoms with Crippen LogP contribution in [0.15, 0.2) is 24.1 Å². The number of thiazole rings is 1. The van der Waals surface area contributed by atoms with Gasteiger partial charge in [0.2, 0.25) is 0 Å². The second-order valence-electron chi connectivity index (χ2n) is 2.23. The van der Waals surface area contributed by atoms with E-state index in [1.807, 2.05) is 23.2 Å². The Labute approximate surface area is 68.4 Å². The van der Waals surface area contributed by atoms with E-state index in [9.17, 15) is 0 Å². The average Bonchev–Trinajstić information content (AvgIpc) is 2.55. The molecule has 56 valence electrons. The highest BCUT2D eigenvalue weighted by Gasteiger charge is 2.02. The maximum Gasteiger partial charge on any atom is 0.141 e. The minimum Gasteiger partial charge on any atom is -0.332 e. The smallest absolute Gasteiger partial charge is 0.141 e. The largest absolute Gasteiger partial charge is 0.332 e. The second-order valence-corrected chi connectivity index (χ2v) is 3.12. The molecule has 2 rings (SSSR count). The van der Waals surface area contributed by atoms with Gasteiger partial charge in [-0.05, 0) is 0 Å². The highest BCUT2D eigenvalue weighted by Crippen LogP contribution is 2.19. The lowest BCUT2D eigenvalue weighted by Gasteiger charge is -1.94. The van der Waals surface area contributed by atoms with Crippen LogP contribution in [0.4, 0.5) is 0 Å². The van der Waals surface area contributed by atoms with Crippen LogP contribution in [0.1, 0.15) is 0 Å². The first-order valence-corrected chi connectivity index (χ1v) is 4.12. The van der Waals surface area contributed by atoms with Crippen LogP contribution in [0.25, 0.3) is 10.7 Å². The lowest BCUT2D eigenvalue weighted by atomic mass is 10.5. The summed E-state index contributed by atoms with van der Waals surface area (Å²) < 4.78 is 1.96. The first kappa shape index (κ1) is 6.54. The Hall–Kier alpha value is -1.16. The molecule has 0 aliphatic rings. The van der Waals surface area contributed by atoms with Crippen LogP contribution in [-0.4, -0.2) is 14.5 Å². The molecular weight excluding hydrogens is 158 g/mol. The fourth-order valence-electron chi connectivity index (χ4n) is 0.913. The van der Waals surface area contributed by atoms with E-state index in [-0.39, 0.29) is 0 Å². The number of nitrogens with zero attached hydrogens (tertiary/aromatic N) is 3. The van der Waals surface area contributed by atoms with Gasteiger partial charge >= 0.3 is 0 Å². The van der Waals surface area contributed by atoms with Gasteiger partial charge in [-0.3, -0.25) is 0 Å². The van der Waals surface area contributed by atoms with E-state index in [1.165, 1.54) is 0 Å². The molecule has 0 bridgehead atoms. The molecule has 0 aliphatic heterocycles. The van der Waals surface area contributed by atoms with Crippen LogP contribution in [0.2, 0.25) is 0 Å². The first-order chi connectivity index (χ1) is 5.38. The highest BCUT2D eigenvalue weighted by molar-refractivity contribution is 7.13.